The van der Waals surface area contributed by atoms with Gasteiger partial charge in [0.05, 0.1) is 23.4 Å². The van der Waals surface area contributed by atoms with E-state index >= 15 is 0 Å². The topological polar surface area (TPSA) is 134 Å². The summed E-state index contributed by atoms with van der Waals surface area (Å²) in [6, 6.07) is 8.93. The Morgan fingerprint density at radius 3 is 2.62 bits per heavy atom. The van der Waals surface area contributed by atoms with Crippen molar-refractivity contribution >= 4 is 23.4 Å². The van der Waals surface area contributed by atoms with E-state index in [9.17, 15) is 19.7 Å². The van der Waals surface area contributed by atoms with E-state index in [1.807, 2.05) is 6.07 Å². The summed E-state index contributed by atoms with van der Waals surface area (Å²) in [6.07, 6.45) is 2.49. The minimum Gasteiger partial charge on any atom is -0.462 e. The molecule has 0 bridgehead atoms. The van der Waals surface area contributed by atoms with Gasteiger partial charge in [-0.25, -0.2) is 9.48 Å². The molecule has 29 heavy (non-hydrogen) atoms. The molecule has 0 radical (unpaired) electrons. The third-order valence-corrected chi connectivity index (χ3v) is 3.95. The summed E-state index contributed by atoms with van der Waals surface area (Å²) in [5, 5.41) is 21.7. The van der Waals surface area contributed by atoms with Crippen molar-refractivity contribution in [3.63, 3.8) is 0 Å². The van der Waals surface area contributed by atoms with Gasteiger partial charge in [-0.3, -0.25) is 19.6 Å². The van der Waals surface area contributed by atoms with Crippen LogP contribution in [0.1, 0.15) is 23.0 Å². The number of nitro groups is 1. The standard InChI is InChI=1S/C18H18N6O5/c1-3-29-18(26)14-9-19-23(13-7-5-4-6-8-13)17(14)20-16(25)11-22-10-15(24(27)28)12(2)21-22/h4-10H,3,11H2,1-2H3,(H,20,25). The highest BCUT2D eigenvalue weighted by atomic mass is 16.6. The average molecular weight is 398 g/mol. The van der Waals surface area contributed by atoms with E-state index in [2.05, 4.69) is 15.5 Å². The molecule has 0 saturated carbocycles. The van der Waals surface area contributed by atoms with E-state index in [-0.39, 0.29) is 35.9 Å². The first kappa shape index (κ1) is 19.7. The zero-order valence-corrected chi connectivity index (χ0v) is 15.7. The van der Waals surface area contributed by atoms with Crippen LogP contribution in [0.15, 0.2) is 42.7 Å². The fraction of sp³-hybridized carbons (Fsp3) is 0.222. The van der Waals surface area contributed by atoms with Crippen LogP contribution in [0.5, 0.6) is 0 Å². The quantitative estimate of drug-likeness (QED) is 0.366. The number of aryl methyl sites for hydroxylation is 1. The van der Waals surface area contributed by atoms with E-state index in [1.54, 1.807) is 31.2 Å². The van der Waals surface area contributed by atoms with Gasteiger partial charge in [0.2, 0.25) is 5.91 Å². The monoisotopic (exact) mass is 398 g/mol. The normalized spacial score (nSPS) is 10.6. The maximum Gasteiger partial charge on any atom is 0.343 e. The van der Waals surface area contributed by atoms with Crippen LogP contribution in [-0.2, 0) is 16.1 Å². The van der Waals surface area contributed by atoms with Crippen molar-refractivity contribution < 1.29 is 19.2 Å². The van der Waals surface area contributed by atoms with Gasteiger partial charge < -0.3 is 10.1 Å². The predicted molar refractivity (Wildman–Crippen MR) is 102 cm³/mol. The molecule has 2 heterocycles. The summed E-state index contributed by atoms with van der Waals surface area (Å²) in [5.74, 6) is -1.03. The second-order valence-electron chi connectivity index (χ2n) is 5.98. The molecule has 0 atom stereocenters. The van der Waals surface area contributed by atoms with Crippen LogP contribution in [-0.4, -0.2) is 43.0 Å². The van der Waals surface area contributed by atoms with Gasteiger partial charge in [0.25, 0.3) is 0 Å². The van der Waals surface area contributed by atoms with Crippen LogP contribution in [0.4, 0.5) is 11.5 Å². The highest BCUT2D eigenvalue weighted by Crippen LogP contribution is 2.22. The molecule has 0 spiro atoms. The number of esters is 1. The van der Waals surface area contributed by atoms with Gasteiger partial charge in [0, 0.05) is 0 Å². The molecular formula is C18H18N6O5. The third-order valence-electron chi connectivity index (χ3n) is 3.95. The lowest BCUT2D eigenvalue weighted by Gasteiger charge is -2.11. The van der Waals surface area contributed by atoms with Gasteiger partial charge in [-0.2, -0.15) is 10.2 Å². The molecule has 2 aromatic heterocycles. The number of amides is 1. The first-order valence-corrected chi connectivity index (χ1v) is 8.69. The SMILES string of the molecule is CCOC(=O)c1cnn(-c2ccccc2)c1NC(=O)Cn1cc([N+](=O)[O-])c(C)n1. The molecule has 1 aromatic carbocycles. The lowest BCUT2D eigenvalue weighted by molar-refractivity contribution is -0.385. The fourth-order valence-corrected chi connectivity index (χ4v) is 2.68. The summed E-state index contributed by atoms with van der Waals surface area (Å²) >= 11 is 0. The van der Waals surface area contributed by atoms with E-state index in [0.29, 0.717) is 5.69 Å². The van der Waals surface area contributed by atoms with Gasteiger partial charge in [-0.15, -0.1) is 0 Å². The van der Waals surface area contributed by atoms with Gasteiger partial charge in [0.1, 0.15) is 24.0 Å². The minimum absolute atomic E-state index is 0.0895. The largest absolute Gasteiger partial charge is 0.462 e. The second kappa shape index (κ2) is 8.33. The molecule has 1 amide bonds. The van der Waals surface area contributed by atoms with Crippen LogP contribution < -0.4 is 5.32 Å². The smallest absolute Gasteiger partial charge is 0.343 e. The zero-order chi connectivity index (χ0) is 21.0. The van der Waals surface area contributed by atoms with Crippen molar-refractivity contribution in [2.24, 2.45) is 0 Å². The van der Waals surface area contributed by atoms with E-state index in [4.69, 9.17) is 4.74 Å². The average Bonchev–Trinajstić information content (AvgIpc) is 3.26. The molecule has 0 fully saturated rings. The summed E-state index contributed by atoms with van der Waals surface area (Å²) in [4.78, 5) is 35.2. The molecule has 0 aliphatic carbocycles. The van der Waals surface area contributed by atoms with E-state index < -0.39 is 16.8 Å². The Balaban J connectivity index is 1.89. The number of aromatic nitrogens is 4. The number of carbonyl (C=O) groups is 2. The van der Waals surface area contributed by atoms with Crippen LogP contribution in [0.2, 0.25) is 0 Å². The van der Waals surface area contributed by atoms with Crippen LogP contribution in [0.3, 0.4) is 0 Å². The molecule has 150 valence electrons. The fourth-order valence-electron chi connectivity index (χ4n) is 2.68. The summed E-state index contributed by atoms with van der Waals surface area (Å²) < 4.78 is 7.59. The summed E-state index contributed by atoms with van der Waals surface area (Å²) in [7, 11) is 0. The van der Waals surface area contributed by atoms with Gasteiger partial charge in [0.15, 0.2) is 5.82 Å². The predicted octanol–water partition coefficient (Wildman–Crippen LogP) is 2.10. The molecule has 11 nitrogen and oxygen atoms in total. The van der Waals surface area contributed by atoms with Crippen molar-refractivity contribution in [1.29, 1.82) is 0 Å². The van der Waals surface area contributed by atoms with Gasteiger partial charge in [-0.1, -0.05) is 18.2 Å². The number of hydrogen-bond donors (Lipinski definition) is 1. The number of para-hydroxylation sites is 1. The Hall–Kier alpha value is -4.02. The van der Waals surface area contributed by atoms with Gasteiger partial charge in [-0.05, 0) is 26.0 Å². The molecule has 0 aliphatic rings. The van der Waals surface area contributed by atoms with E-state index in [1.165, 1.54) is 24.0 Å². The van der Waals surface area contributed by atoms with Crippen LogP contribution in [0.25, 0.3) is 5.69 Å². The zero-order valence-electron chi connectivity index (χ0n) is 15.7. The summed E-state index contributed by atoms with van der Waals surface area (Å²) in [6.45, 7) is 3.04. The van der Waals surface area contributed by atoms with Crippen molar-refractivity contribution in [3.8, 4) is 5.69 Å². The number of benzene rings is 1. The van der Waals surface area contributed by atoms with E-state index in [0.717, 1.165) is 4.68 Å². The van der Waals surface area contributed by atoms with Crippen molar-refractivity contribution in [2.75, 3.05) is 11.9 Å². The Bertz CT molecular complexity index is 1060. The van der Waals surface area contributed by atoms with Crippen LogP contribution >= 0.6 is 0 Å². The Morgan fingerprint density at radius 2 is 2.00 bits per heavy atom. The molecule has 0 saturated heterocycles. The number of nitrogens with zero attached hydrogens (tertiary/aromatic N) is 5. The first-order chi connectivity index (χ1) is 13.9. The minimum atomic E-state index is -0.629. The Labute approximate surface area is 165 Å². The number of carbonyl (C=O) groups excluding carboxylic acids is 2. The lowest BCUT2D eigenvalue weighted by atomic mass is 10.3. The Morgan fingerprint density at radius 1 is 1.28 bits per heavy atom. The van der Waals surface area contributed by atoms with Gasteiger partial charge >= 0.3 is 11.7 Å². The molecular weight excluding hydrogens is 380 g/mol. The Kier molecular flexibility index (Phi) is 5.67. The number of hydrogen-bond acceptors (Lipinski definition) is 7. The molecule has 1 N–H and O–H groups in total. The maximum absolute atomic E-state index is 12.6. The molecule has 3 rings (SSSR count). The van der Waals surface area contributed by atoms with Crippen LogP contribution in [0, 0.1) is 17.0 Å². The van der Waals surface area contributed by atoms with Crippen molar-refractivity contribution in [3.05, 3.63) is 64.1 Å². The molecule has 3 aromatic rings. The highest BCUT2D eigenvalue weighted by molar-refractivity contribution is 6.00. The van der Waals surface area contributed by atoms with Crippen molar-refractivity contribution in [2.45, 2.75) is 20.4 Å². The second-order valence-corrected chi connectivity index (χ2v) is 5.98. The molecule has 11 heteroatoms. The highest BCUT2D eigenvalue weighted by Gasteiger charge is 2.22. The maximum atomic E-state index is 12.6. The summed E-state index contributed by atoms with van der Waals surface area (Å²) in [5.41, 5.74) is 0.735. The van der Waals surface area contributed by atoms with Crippen molar-refractivity contribution in [1.82, 2.24) is 19.6 Å². The molecule has 0 aliphatic heterocycles. The first-order valence-electron chi connectivity index (χ1n) is 8.69. The number of anilines is 1. The molecule has 0 unspecified atom stereocenters. The lowest BCUT2D eigenvalue weighted by Crippen LogP contribution is -2.22. The number of ether oxygens (including phenoxy) is 1. The number of rotatable bonds is 7. The number of nitrogens with one attached hydrogen (secondary N) is 1. The third kappa shape index (κ3) is 4.29.